The van der Waals surface area contributed by atoms with Crippen molar-refractivity contribution < 1.29 is 19.1 Å². The van der Waals surface area contributed by atoms with Gasteiger partial charge in [0.1, 0.15) is 0 Å². The van der Waals surface area contributed by atoms with Crippen molar-refractivity contribution in [3.8, 4) is 0 Å². The summed E-state index contributed by atoms with van der Waals surface area (Å²) in [7, 11) is 0. The highest BCUT2D eigenvalue weighted by molar-refractivity contribution is 6.03. The minimum absolute atomic E-state index is 0.185. The lowest BCUT2D eigenvalue weighted by Crippen LogP contribution is -2.46. The van der Waals surface area contributed by atoms with Crippen LogP contribution in [-0.2, 0) is 9.53 Å². The van der Waals surface area contributed by atoms with E-state index < -0.39 is 11.9 Å². The highest BCUT2D eigenvalue weighted by Gasteiger charge is 2.18. The number of benzene rings is 1. The average Bonchev–Trinajstić information content (AvgIpc) is 2.74. The minimum Gasteiger partial charge on any atom is -0.462 e. The van der Waals surface area contributed by atoms with Gasteiger partial charge in [-0.05, 0) is 43.3 Å². The van der Waals surface area contributed by atoms with Crippen LogP contribution in [0.3, 0.4) is 0 Å². The van der Waals surface area contributed by atoms with E-state index in [1.165, 1.54) is 0 Å². The second kappa shape index (κ2) is 8.94. The first-order chi connectivity index (χ1) is 13.6. The fraction of sp³-hybridized carbons (Fsp3) is 0.316. The Hall–Kier alpha value is -3.49. The van der Waals surface area contributed by atoms with E-state index in [2.05, 4.69) is 15.5 Å². The van der Waals surface area contributed by atoms with E-state index in [-0.39, 0.29) is 5.69 Å². The number of carbonyl (C=O) groups excluding carboxylic acids is 3. The number of rotatable bonds is 6. The van der Waals surface area contributed by atoms with Gasteiger partial charge in [0.05, 0.1) is 12.2 Å². The first-order valence-corrected chi connectivity index (χ1v) is 8.97. The van der Waals surface area contributed by atoms with Crippen LogP contribution < -0.4 is 10.2 Å². The predicted octanol–water partition coefficient (Wildman–Crippen LogP) is 1.18. The molecule has 146 valence electrons. The third-order valence-electron chi connectivity index (χ3n) is 4.32. The van der Waals surface area contributed by atoms with Crippen LogP contribution in [0.4, 0.5) is 11.5 Å². The summed E-state index contributed by atoms with van der Waals surface area (Å²) in [5, 5.41) is 10.8. The number of nitrogens with one attached hydrogen (secondary N) is 1. The molecule has 1 aromatic carbocycles. The second-order valence-corrected chi connectivity index (χ2v) is 6.16. The number of hydrogen-bond acceptors (Lipinski definition) is 7. The van der Waals surface area contributed by atoms with Crippen molar-refractivity contribution in [1.29, 1.82) is 0 Å². The highest BCUT2D eigenvalue weighted by Crippen LogP contribution is 2.14. The van der Waals surface area contributed by atoms with E-state index in [0.29, 0.717) is 49.9 Å². The van der Waals surface area contributed by atoms with Crippen LogP contribution in [-0.4, -0.2) is 66.2 Å². The lowest BCUT2D eigenvalue weighted by molar-refractivity contribution is -0.118. The van der Waals surface area contributed by atoms with E-state index in [9.17, 15) is 14.4 Å². The highest BCUT2D eigenvalue weighted by atomic mass is 16.5. The van der Waals surface area contributed by atoms with Crippen molar-refractivity contribution in [2.75, 3.05) is 43.0 Å². The van der Waals surface area contributed by atoms with E-state index in [1.807, 2.05) is 4.90 Å². The van der Waals surface area contributed by atoms with Gasteiger partial charge in [0.15, 0.2) is 11.5 Å². The molecular weight excluding hydrogens is 362 g/mol. The zero-order valence-electron chi connectivity index (χ0n) is 15.5. The van der Waals surface area contributed by atoms with Crippen molar-refractivity contribution in [3.63, 3.8) is 0 Å². The Bertz CT molecular complexity index is 830. The molecule has 0 bridgehead atoms. The summed E-state index contributed by atoms with van der Waals surface area (Å²) in [4.78, 5) is 38.5. The Balaban J connectivity index is 1.59. The molecule has 1 aliphatic rings. The lowest BCUT2D eigenvalue weighted by atomic mass is 10.2. The summed E-state index contributed by atoms with van der Waals surface area (Å²) in [6.07, 6.45) is 0.843. The molecule has 2 heterocycles. The molecule has 1 aromatic heterocycles. The van der Waals surface area contributed by atoms with Crippen LogP contribution in [0.5, 0.6) is 0 Å². The maximum Gasteiger partial charge on any atom is 0.338 e. The van der Waals surface area contributed by atoms with Gasteiger partial charge >= 0.3 is 5.97 Å². The summed E-state index contributed by atoms with van der Waals surface area (Å²) in [6.45, 7) is 4.66. The van der Waals surface area contributed by atoms with Crippen molar-refractivity contribution in [1.82, 2.24) is 15.1 Å². The molecule has 28 heavy (non-hydrogen) atoms. The molecule has 2 aromatic rings. The molecule has 1 saturated heterocycles. The number of anilines is 2. The molecule has 1 N–H and O–H groups in total. The number of amides is 2. The number of carbonyl (C=O) groups is 3. The molecule has 2 amide bonds. The van der Waals surface area contributed by atoms with Crippen LogP contribution in [0.2, 0.25) is 0 Å². The summed E-state index contributed by atoms with van der Waals surface area (Å²) < 4.78 is 4.92. The monoisotopic (exact) mass is 383 g/mol. The average molecular weight is 383 g/mol. The maximum absolute atomic E-state index is 12.3. The second-order valence-electron chi connectivity index (χ2n) is 6.16. The SMILES string of the molecule is CCOC(=O)c1ccc(NC(=O)c2ccc(N3CCN(C=O)CC3)nn2)cc1. The van der Waals surface area contributed by atoms with Gasteiger partial charge in [0.25, 0.3) is 5.91 Å². The topological polar surface area (TPSA) is 105 Å². The summed E-state index contributed by atoms with van der Waals surface area (Å²) >= 11 is 0. The zero-order chi connectivity index (χ0) is 19.9. The lowest BCUT2D eigenvalue weighted by Gasteiger charge is -2.32. The molecule has 0 spiro atoms. The van der Waals surface area contributed by atoms with E-state index in [0.717, 1.165) is 6.41 Å². The van der Waals surface area contributed by atoms with Gasteiger partial charge in [-0.2, -0.15) is 0 Å². The van der Waals surface area contributed by atoms with Gasteiger partial charge < -0.3 is 19.9 Å². The number of piperazine rings is 1. The molecule has 9 heteroatoms. The summed E-state index contributed by atoms with van der Waals surface area (Å²) in [6, 6.07) is 9.76. The van der Waals surface area contributed by atoms with E-state index in [4.69, 9.17) is 4.74 Å². The third-order valence-corrected chi connectivity index (χ3v) is 4.32. The maximum atomic E-state index is 12.3. The first kappa shape index (κ1) is 19.3. The number of hydrogen-bond donors (Lipinski definition) is 1. The fourth-order valence-electron chi connectivity index (χ4n) is 2.77. The third kappa shape index (κ3) is 4.61. The molecule has 0 unspecified atom stereocenters. The molecule has 1 fully saturated rings. The molecule has 1 aliphatic heterocycles. The number of esters is 1. The summed E-state index contributed by atoms with van der Waals surface area (Å²) in [5.41, 5.74) is 1.14. The van der Waals surface area contributed by atoms with Gasteiger partial charge in [-0.15, -0.1) is 10.2 Å². The van der Waals surface area contributed by atoms with Crippen LogP contribution in [0, 0.1) is 0 Å². The number of ether oxygens (including phenoxy) is 1. The summed E-state index contributed by atoms with van der Waals surface area (Å²) in [5.74, 6) is -0.134. The van der Waals surface area contributed by atoms with Crippen LogP contribution in [0.15, 0.2) is 36.4 Å². The van der Waals surface area contributed by atoms with Gasteiger partial charge in [-0.3, -0.25) is 9.59 Å². The normalized spacial score (nSPS) is 13.8. The molecule has 0 radical (unpaired) electrons. The van der Waals surface area contributed by atoms with Crippen molar-refractivity contribution in [3.05, 3.63) is 47.7 Å². The van der Waals surface area contributed by atoms with Gasteiger partial charge in [-0.25, -0.2) is 4.79 Å². The fourth-order valence-corrected chi connectivity index (χ4v) is 2.77. The quantitative estimate of drug-likeness (QED) is 0.590. The van der Waals surface area contributed by atoms with Crippen LogP contribution >= 0.6 is 0 Å². The molecular formula is C19H21N5O4. The standard InChI is InChI=1S/C19H21N5O4/c1-2-28-19(27)14-3-5-15(6-4-14)20-18(26)16-7-8-17(22-21-16)24-11-9-23(13-25)10-12-24/h3-8,13H,2,9-12H2,1H3,(H,20,26). The predicted molar refractivity (Wildman–Crippen MR) is 102 cm³/mol. The molecule has 0 atom stereocenters. The molecule has 0 saturated carbocycles. The number of nitrogens with zero attached hydrogens (tertiary/aromatic N) is 4. The molecule has 3 rings (SSSR count). The molecule has 9 nitrogen and oxygen atoms in total. The van der Waals surface area contributed by atoms with Gasteiger partial charge in [-0.1, -0.05) is 0 Å². The van der Waals surface area contributed by atoms with Gasteiger partial charge in [0, 0.05) is 31.9 Å². The zero-order valence-corrected chi connectivity index (χ0v) is 15.5. The minimum atomic E-state index is -0.407. The smallest absolute Gasteiger partial charge is 0.338 e. The first-order valence-electron chi connectivity index (χ1n) is 8.97. The number of aromatic nitrogens is 2. The molecule has 0 aliphatic carbocycles. The van der Waals surface area contributed by atoms with Crippen molar-refractivity contribution in [2.24, 2.45) is 0 Å². The van der Waals surface area contributed by atoms with Crippen LogP contribution in [0.25, 0.3) is 0 Å². The van der Waals surface area contributed by atoms with E-state index >= 15 is 0 Å². The van der Waals surface area contributed by atoms with Crippen molar-refractivity contribution in [2.45, 2.75) is 6.92 Å². The van der Waals surface area contributed by atoms with Gasteiger partial charge in [0.2, 0.25) is 6.41 Å². The Kier molecular flexibility index (Phi) is 6.15. The Morgan fingerprint density at radius 3 is 2.36 bits per heavy atom. The Morgan fingerprint density at radius 2 is 1.79 bits per heavy atom. The Morgan fingerprint density at radius 1 is 1.07 bits per heavy atom. The van der Waals surface area contributed by atoms with Crippen molar-refractivity contribution >= 4 is 29.8 Å². The van der Waals surface area contributed by atoms with E-state index in [1.54, 1.807) is 48.2 Å². The largest absolute Gasteiger partial charge is 0.462 e. The Labute approximate surface area is 162 Å². The van der Waals surface area contributed by atoms with Crippen LogP contribution in [0.1, 0.15) is 27.8 Å².